The van der Waals surface area contributed by atoms with Crippen LogP contribution >= 0.6 is 0 Å². The minimum atomic E-state index is 0.248. The SMILES string of the molecule is Cc1ccccc1CCCCOc1cccc(O)c1. The number of aryl methyl sites for hydroxylation is 2. The van der Waals surface area contributed by atoms with E-state index in [0.29, 0.717) is 6.61 Å². The number of phenolic OH excluding ortho intramolecular Hbond substituents is 1. The highest BCUT2D eigenvalue weighted by Gasteiger charge is 1.98. The molecule has 2 nitrogen and oxygen atoms in total. The molecule has 2 rings (SSSR count). The first kappa shape index (κ1) is 13.5. The van der Waals surface area contributed by atoms with E-state index in [1.165, 1.54) is 11.1 Å². The van der Waals surface area contributed by atoms with Gasteiger partial charge in [0, 0.05) is 6.07 Å². The number of rotatable bonds is 6. The van der Waals surface area contributed by atoms with Crippen molar-refractivity contribution in [2.45, 2.75) is 26.2 Å². The smallest absolute Gasteiger partial charge is 0.122 e. The summed E-state index contributed by atoms with van der Waals surface area (Å²) in [6, 6.07) is 15.4. The fourth-order valence-electron chi connectivity index (χ4n) is 2.07. The molecular weight excluding hydrogens is 236 g/mol. The van der Waals surface area contributed by atoms with Gasteiger partial charge in [0.15, 0.2) is 0 Å². The number of hydrogen-bond acceptors (Lipinski definition) is 2. The lowest BCUT2D eigenvalue weighted by Gasteiger charge is -2.07. The van der Waals surface area contributed by atoms with E-state index in [2.05, 4.69) is 31.2 Å². The Morgan fingerprint density at radius 3 is 2.63 bits per heavy atom. The minimum Gasteiger partial charge on any atom is -0.508 e. The molecule has 0 radical (unpaired) electrons. The Hall–Kier alpha value is -1.96. The summed E-state index contributed by atoms with van der Waals surface area (Å²) in [5.74, 6) is 0.980. The van der Waals surface area contributed by atoms with Crippen LogP contribution in [0.15, 0.2) is 48.5 Å². The lowest BCUT2D eigenvalue weighted by atomic mass is 10.0. The highest BCUT2D eigenvalue weighted by molar-refractivity contribution is 5.31. The van der Waals surface area contributed by atoms with Crippen LogP contribution in [0.2, 0.25) is 0 Å². The molecule has 2 aromatic carbocycles. The van der Waals surface area contributed by atoms with E-state index in [1.54, 1.807) is 18.2 Å². The second-order valence-electron chi connectivity index (χ2n) is 4.73. The first-order valence-electron chi connectivity index (χ1n) is 6.72. The third-order valence-corrected chi connectivity index (χ3v) is 3.19. The summed E-state index contributed by atoms with van der Waals surface area (Å²) in [6.07, 6.45) is 3.23. The Labute approximate surface area is 114 Å². The number of hydrogen-bond donors (Lipinski definition) is 1. The van der Waals surface area contributed by atoms with Gasteiger partial charge in [-0.05, 0) is 49.4 Å². The monoisotopic (exact) mass is 256 g/mol. The van der Waals surface area contributed by atoms with E-state index in [9.17, 15) is 5.11 Å². The van der Waals surface area contributed by atoms with E-state index >= 15 is 0 Å². The van der Waals surface area contributed by atoms with Crippen LogP contribution < -0.4 is 4.74 Å². The van der Waals surface area contributed by atoms with Crippen LogP contribution in [-0.2, 0) is 6.42 Å². The molecule has 0 heterocycles. The Balaban J connectivity index is 1.69. The van der Waals surface area contributed by atoms with Crippen LogP contribution in [0.3, 0.4) is 0 Å². The largest absolute Gasteiger partial charge is 0.508 e. The summed E-state index contributed by atoms with van der Waals surface area (Å²) >= 11 is 0. The molecule has 0 saturated heterocycles. The maximum atomic E-state index is 9.31. The van der Waals surface area contributed by atoms with Gasteiger partial charge in [0.25, 0.3) is 0 Å². The van der Waals surface area contributed by atoms with Crippen molar-refractivity contribution in [2.75, 3.05) is 6.61 Å². The van der Waals surface area contributed by atoms with Gasteiger partial charge in [-0.1, -0.05) is 30.3 Å². The summed E-state index contributed by atoms with van der Waals surface area (Å²) in [5.41, 5.74) is 2.77. The molecule has 0 unspecified atom stereocenters. The van der Waals surface area contributed by atoms with Gasteiger partial charge >= 0.3 is 0 Å². The van der Waals surface area contributed by atoms with E-state index in [4.69, 9.17) is 4.74 Å². The third kappa shape index (κ3) is 4.32. The van der Waals surface area contributed by atoms with Crippen LogP contribution in [-0.4, -0.2) is 11.7 Å². The number of aromatic hydroxyl groups is 1. The van der Waals surface area contributed by atoms with Crippen LogP contribution in [0.4, 0.5) is 0 Å². The van der Waals surface area contributed by atoms with Crippen molar-refractivity contribution in [1.29, 1.82) is 0 Å². The molecule has 0 aliphatic heterocycles. The van der Waals surface area contributed by atoms with Gasteiger partial charge in [-0.25, -0.2) is 0 Å². The molecule has 0 aliphatic rings. The van der Waals surface area contributed by atoms with Crippen molar-refractivity contribution in [3.05, 3.63) is 59.7 Å². The van der Waals surface area contributed by atoms with E-state index in [1.807, 2.05) is 6.07 Å². The van der Waals surface area contributed by atoms with Crippen LogP contribution in [0.25, 0.3) is 0 Å². The van der Waals surface area contributed by atoms with Crippen molar-refractivity contribution in [1.82, 2.24) is 0 Å². The van der Waals surface area contributed by atoms with Gasteiger partial charge in [-0.2, -0.15) is 0 Å². The van der Waals surface area contributed by atoms with Gasteiger partial charge in [0.1, 0.15) is 11.5 Å². The zero-order chi connectivity index (χ0) is 13.5. The summed E-state index contributed by atoms with van der Waals surface area (Å²) in [5, 5.41) is 9.31. The number of unbranched alkanes of at least 4 members (excludes halogenated alkanes) is 1. The molecule has 2 aromatic rings. The fraction of sp³-hybridized carbons (Fsp3) is 0.294. The van der Waals surface area contributed by atoms with Crippen LogP contribution in [0.1, 0.15) is 24.0 Å². The summed E-state index contributed by atoms with van der Waals surface area (Å²) in [7, 11) is 0. The predicted octanol–water partition coefficient (Wildman–Crippen LogP) is 4.10. The molecule has 0 aliphatic carbocycles. The molecule has 2 heteroatoms. The molecule has 0 aromatic heterocycles. The average molecular weight is 256 g/mol. The normalized spacial score (nSPS) is 10.4. The summed E-state index contributed by atoms with van der Waals surface area (Å²) < 4.78 is 5.60. The quantitative estimate of drug-likeness (QED) is 0.788. The molecule has 0 spiro atoms. The number of ether oxygens (including phenoxy) is 1. The van der Waals surface area contributed by atoms with E-state index in [0.717, 1.165) is 25.0 Å². The zero-order valence-electron chi connectivity index (χ0n) is 11.3. The maximum absolute atomic E-state index is 9.31. The molecule has 1 N–H and O–H groups in total. The summed E-state index contributed by atoms with van der Waals surface area (Å²) in [4.78, 5) is 0. The second kappa shape index (κ2) is 6.83. The molecule has 0 atom stereocenters. The molecule has 0 fully saturated rings. The number of phenols is 1. The van der Waals surface area contributed by atoms with Gasteiger partial charge < -0.3 is 9.84 Å². The Kier molecular flexibility index (Phi) is 4.85. The Bertz CT molecular complexity index is 520. The molecular formula is C17H20O2. The standard InChI is InChI=1S/C17H20O2/c1-14-7-2-3-8-15(14)9-4-5-12-19-17-11-6-10-16(18)13-17/h2-3,6-8,10-11,13,18H,4-5,9,12H2,1H3. The zero-order valence-corrected chi connectivity index (χ0v) is 11.3. The molecule has 0 amide bonds. The van der Waals surface area contributed by atoms with Gasteiger partial charge in [-0.15, -0.1) is 0 Å². The van der Waals surface area contributed by atoms with Crippen molar-refractivity contribution >= 4 is 0 Å². The van der Waals surface area contributed by atoms with Crippen molar-refractivity contribution in [3.63, 3.8) is 0 Å². The molecule has 19 heavy (non-hydrogen) atoms. The molecule has 0 saturated carbocycles. The van der Waals surface area contributed by atoms with Gasteiger partial charge in [-0.3, -0.25) is 0 Å². The Morgan fingerprint density at radius 1 is 1.00 bits per heavy atom. The minimum absolute atomic E-state index is 0.248. The molecule has 100 valence electrons. The highest BCUT2D eigenvalue weighted by atomic mass is 16.5. The van der Waals surface area contributed by atoms with Crippen molar-refractivity contribution in [3.8, 4) is 11.5 Å². The number of benzene rings is 2. The second-order valence-corrected chi connectivity index (χ2v) is 4.73. The molecule has 0 bridgehead atoms. The topological polar surface area (TPSA) is 29.5 Å². The predicted molar refractivity (Wildman–Crippen MR) is 77.7 cm³/mol. The highest BCUT2D eigenvalue weighted by Crippen LogP contribution is 2.18. The first-order chi connectivity index (χ1) is 9.25. The summed E-state index contributed by atoms with van der Waals surface area (Å²) in [6.45, 7) is 2.84. The van der Waals surface area contributed by atoms with E-state index < -0.39 is 0 Å². The average Bonchev–Trinajstić information content (AvgIpc) is 2.40. The van der Waals surface area contributed by atoms with Gasteiger partial charge in [0.05, 0.1) is 6.61 Å². The first-order valence-corrected chi connectivity index (χ1v) is 6.72. The third-order valence-electron chi connectivity index (χ3n) is 3.19. The van der Waals surface area contributed by atoms with E-state index in [-0.39, 0.29) is 5.75 Å². The fourth-order valence-corrected chi connectivity index (χ4v) is 2.07. The lowest BCUT2D eigenvalue weighted by molar-refractivity contribution is 0.305. The van der Waals surface area contributed by atoms with Gasteiger partial charge in [0.2, 0.25) is 0 Å². The van der Waals surface area contributed by atoms with Crippen LogP contribution in [0, 0.1) is 6.92 Å². The Morgan fingerprint density at radius 2 is 1.84 bits per heavy atom. The van der Waals surface area contributed by atoms with Crippen LogP contribution in [0.5, 0.6) is 11.5 Å². The van der Waals surface area contributed by atoms with Crippen molar-refractivity contribution in [2.24, 2.45) is 0 Å². The maximum Gasteiger partial charge on any atom is 0.122 e. The lowest BCUT2D eigenvalue weighted by Crippen LogP contribution is -1.98. The van der Waals surface area contributed by atoms with Crippen molar-refractivity contribution < 1.29 is 9.84 Å².